The Bertz CT molecular complexity index is 443. The van der Waals surface area contributed by atoms with Crippen molar-refractivity contribution in [3.8, 4) is 0 Å². The van der Waals surface area contributed by atoms with Gasteiger partial charge in [-0.15, -0.1) is 0 Å². The van der Waals surface area contributed by atoms with E-state index in [0.29, 0.717) is 31.9 Å². The average molecular weight is 255 g/mol. The van der Waals surface area contributed by atoms with Crippen LogP contribution in [0.4, 0.5) is 8.78 Å². The van der Waals surface area contributed by atoms with Gasteiger partial charge in [-0.1, -0.05) is 6.07 Å². The first-order valence-electron chi connectivity index (χ1n) is 6.08. The molecule has 1 atom stereocenters. The van der Waals surface area contributed by atoms with Crippen LogP contribution in [0.25, 0.3) is 0 Å². The number of halogens is 2. The Kier molecular flexibility index (Phi) is 3.05. The lowest BCUT2D eigenvalue weighted by Crippen LogP contribution is -2.61. The van der Waals surface area contributed by atoms with Crippen LogP contribution >= 0.6 is 0 Å². The summed E-state index contributed by atoms with van der Waals surface area (Å²) in [5.41, 5.74) is 0.00873. The summed E-state index contributed by atoms with van der Waals surface area (Å²) in [6, 6.07) is 3.71. The first-order chi connectivity index (χ1) is 8.72. The van der Waals surface area contributed by atoms with Crippen molar-refractivity contribution in [2.75, 3.05) is 32.9 Å². The van der Waals surface area contributed by atoms with E-state index in [0.717, 1.165) is 12.6 Å². The molecule has 0 bridgehead atoms. The number of hydrogen-bond donors (Lipinski definition) is 1. The second-order valence-corrected chi connectivity index (χ2v) is 4.84. The fourth-order valence-corrected chi connectivity index (χ4v) is 2.65. The smallest absolute Gasteiger partial charge is 0.130 e. The molecule has 1 aromatic rings. The number of nitrogens with one attached hydrogen (secondary N) is 1. The maximum atomic E-state index is 14.0. The van der Waals surface area contributed by atoms with Crippen LogP contribution in [0.5, 0.6) is 0 Å². The zero-order valence-electron chi connectivity index (χ0n) is 9.92. The lowest BCUT2D eigenvalue weighted by Gasteiger charge is -2.48. The third-order valence-corrected chi connectivity index (χ3v) is 3.73. The van der Waals surface area contributed by atoms with Crippen molar-refractivity contribution in [3.63, 3.8) is 0 Å². The molecule has 5 heteroatoms. The van der Waals surface area contributed by atoms with Crippen LogP contribution in [0.15, 0.2) is 18.2 Å². The van der Waals surface area contributed by atoms with Crippen LogP contribution in [-0.2, 0) is 14.9 Å². The fourth-order valence-electron chi connectivity index (χ4n) is 2.65. The standard InChI is InChI=1S/C13H15F2NO2/c14-9-1-2-10(11(15)5-9)13(7-17-8-13)12-6-16-3-4-18-12/h1-2,5,12,16H,3-4,6-8H2. The third kappa shape index (κ3) is 1.83. The molecule has 0 aromatic heterocycles. The van der Waals surface area contributed by atoms with Crippen LogP contribution in [0, 0.1) is 11.6 Å². The van der Waals surface area contributed by atoms with Gasteiger partial charge in [-0.3, -0.25) is 0 Å². The zero-order chi connectivity index (χ0) is 12.6. The van der Waals surface area contributed by atoms with Gasteiger partial charge in [-0.05, 0) is 6.07 Å². The van der Waals surface area contributed by atoms with E-state index in [2.05, 4.69) is 5.32 Å². The Balaban J connectivity index is 1.94. The Morgan fingerprint density at radius 1 is 1.28 bits per heavy atom. The molecule has 3 nitrogen and oxygen atoms in total. The maximum absolute atomic E-state index is 14.0. The molecular formula is C13H15F2NO2. The molecule has 1 aromatic carbocycles. The highest BCUT2D eigenvalue weighted by Gasteiger charge is 2.49. The van der Waals surface area contributed by atoms with Crippen molar-refractivity contribution in [2.24, 2.45) is 0 Å². The predicted octanol–water partition coefficient (Wildman–Crippen LogP) is 1.22. The summed E-state index contributed by atoms with van der Waals surface area (Å²) in [6.45, 7) is 2.92. The van der Waals surface area contributed by atoms with Crippen molar-refractivity contribution < 1.29 is 18.3 Å². The second-order valence-electron chi connectivity index (χ2n) is 4.84. The van der Waals surface area contributed by atoms with Crippen molar-refractivity contribution >= 4 is 0 Å². The van der Waals surface area contributed by atoms with E-state index < -0.39 is 17.0 Å². The van der Waals surface area contributed by atoms with Crippen LogP contribution < -0.4 is 5.32 Å². The monoisotopic (exact) mass is 255 g/mol. The molecule has 2 heterocycles. The molecule has 0 aliphatic carbocycles. The number of rotatable bonds is 2. The first kappa shape index (κ1) is 12.0. The predicted molar refractivity (Wildman–Crippen MR) is 61.5 cm³/mol. The molecule has 98 valence electrons. The lowest BCUT2D eigenvalue weighted by molar-refractivity contribution is -0.147. The highest BCUT2D eigenvalue weighted by molar-refractivity contribution is 5.32. The number of ether oxygens (including phenoxy) is 2. The average Bonchev–Trinajstić information content (AvgIpc) is 2.32. The SMILES string of the molecule is Fc1ccc(C2(C3CNCCO3)COC2)c(F)c1. The van der Waals surface area contributed by atoms with Crippen LogP contribution in [0.3, 0.4) is 0 Å². The minimum Gasteiger partial charge on any atom is -0.379 e. The molecule has 1 unspecified atom stereocenters. The largest absolute Gasteiger partial charge is 0.379 e. The summed E-state index contributed by atoms with van der Waals surface area (Å²) in [5, 5.41) is 3.23. The van der Waals surface area contributed by atoms with Crippen LogP contribution in [0.1, 0.15) is 5.56 Å². The van der Waals surface area contributed by atoms with E-state index in [9.17, 15) is 8.78 Å². The minimum atomic E-state index is -0.561. The van der Waals surface area contributed by atoms with Crippen molar-refractivity contribution in [2.45, 2.75) is 11.5 Å². The molecule has 0 spiro atoms. The van der Waals surface area contributed by atoms with E-state index in [4.69, 9.17) is 9.47 Å². The first-order valence-corrected chi connectivity index (χ1v) is 6.08. The summed E-state index contributed by atoms with van der Waals surface area (Å²) >= 11 is 0. The molecule has 0 amide bonds. The van der Waals surface area contributed by atoms with Crippen LogP contribution in [0.2, 0.25) is 0 Å². The molecule has 0 radical (unpaired) electrons. The van der Waals surface area contributed by atoms with E-state index in [1.165, 1.54) is 12.1 Å². The summed E-state index contributed by atoms with van der Waals surface area (Å²) in [5.74, 6) is -1.08. The van der Waals surface area contributed by atoms with Gasteiger partial charge in [0.2, 0.25) is 0 Å². The molecule has 2 aliphatic heterocycles. The minimum absolute atomic E-state index is 0.125. The summed E-state index contributed by atoms with van der Waals surface area (Å²) in [6.07, 6.45) is -0.125. The third-order valence-electron chi connectivity index (χ3n) is 3.73. The Morgan fingerprint density at radius 3 is 2.67 bits per heavy atom. The van der Waals surface area contributed by atoms with Gasteiger partial charge >= 0.3 is 0 Å². The molecule has 3 rings (SSSR count). The Morgan fingerprint density at radius 2 is 2.11 bits per heavy atom. The molecular weight excluding hydrogens is 240 g/mol. The van der Waals surface area contributed by atoms with Gasteiger partial charge in [0.25, 0.3) is 0 Å². The Hall–Kier alpha value is -1.04. The number of hydrogen-bond acceptors (Lipinski definition) is 3. The molecule has 2 saturated heterocycles. The van der Waals surface area contributed by atoms with Gasteiger partial charge in [0.15, 0.2) is 0 Å². The van der Waals surface area contributed by atoms with Crippen molar-refractivity contribution in [1.29, 1.82) is 0 Å². The number of benzene rings is 1. The van der Waals surface area contributed by atoms with Crippen LogP contribution in [-0.4, -0.2) is 39.0 Å². The highest BCUT2D eigenvalue weighted by Crippen LogP contribution is 2.39. The van der Waals surface area contributed by atoms with E-state index in [-0.39, 0.29) is 6.10 Å². The van der Waals surface area contributed by atoms with Gasteiger partial charge in [0.05, 0.1) is 31.3 Å². The van der Waals surface area contributed by atoms with E-state index in [1.54, 1.807) is 0 Å². The highest BCUT2D eigenvalue weighted by atomic mass is 19.1. The summed E-state index contributed by atoms with van der Waals surface area (Å²) in [4.78, 5) is 0. The lowest BCUT2D eigenvalue weighted by atomic mass is 9.73. The van der Waals surface area contributed by atoms with Gasteiger partial charge in [0.1, 0.15) is 11.6 Å². The van der Waals surface area contributed by atoms with Gasteiger partial charge in [-0.2, -0.15) is 0 Å². The summed E-state index contributed by atoms with van der Waals surface area (Å²) in [7, 11) is 0. The molecule has 0 saturated carbocycles. The molecule has 2 fully saturated rings. The van der Waals surface area contributed by atoms with Gasteiger partial charge in [-0.25, -0.2) is 8.78 Å². The van der Waals surface area contributed by atoms with Gasteiger partial charge < -0.3 is 14.8 Å². The van der Waals surface area contributed by atoms with Crippen molar-refractivity contribution in [1.82, 2.24) is 5.32 Å². The molecule has 2 aliphatic rings. The fraction of sp³-hybridized carbons (Fsp3) is 0.538. The molecule has 18 heavy (non-hydrogen) atoms. The quantitative estimate of drug-likeness (QED) is 0.862. The second kappa shape index (κ2) is 4.57. The topological polar surface area (TPSA) is 30.5 Å². The number of morpholine rings is 1. The Labute approximate surface area is 104 Å². The van der Waals surface area contributed by atoms with Crippen molar-refractivity contribution in [3.05, 3.63) is 35.4 Å². The summed E-state index contributed by atoms with van der Waals surface area (Å²) < 4.78 is 37.9. The zero-order valence-corrected chi connectivity index (χ0v) is 9.92. The normalized spacial score (nSPS) is 26.7. The molecule has 1 N–H and O–H groups in total. The van der Waals surface area contributed by atoms with E-state index >= 15 is 0 Å². The van der Waals surface area contributed by atoms with Gasteiger partial charge in [0, 0.05) is 24.7 Å². The maximum Gasteiger partial charge on any atom is 0.130 e. The van der Waals surface area contributed by atoms with E-state index in [1.807, 2.05) is 0 Å².